The topological polar surface area (TPSA) is 368 Å². The fraction of sp³-hybridized carbons (Fsp3) is 0.796. The van der Waals surface area contributed by atoms with E-state index < -0.39 is 60.5 Å². The predicted molar refractivity (Wildman–Crippen MR) is 284 cm³/mol. The molecule has 4 heterocycles. The molecule has 26 nitrogen and oxygen atoms in total. The lowest BCUT2D eigenvalue weighted by Gasteiger charge is -2.24. The number of aliphatic carboxylic acids is 2. The maximum absolute atomic E-state index is 12.4. The molecule has 0 spiro atoms. The normalized spacial score (nSPS) is 21.0. The van der Waals surface area contributed by atoms with Gasteiger partial charge in [-0.25, -0.2) is 19.2 Å². The molecular formula is C49H82N10O16S2. The standard InChI is InChI=1S/C49H82N10O16S2/c1-49(2,13-11-37(60)50-15-19-72-23-25-74-21-17-52-41(64)27-31(45(66)67)54-39(62)9-5-3-7-35-43-33(29-76-35)56-47(70)58-43)14-12-38(61)51-16-20-73-24-26-75-22-18-53-42(65)28-32(46(68)69)55-40(63)10-6-4-8-36-44-34(30-77-36)57-48(71)59-44/h31-36,43-44H,3-30H2,1-2H3,(H,50,60)(H,51,61)(H,52,64)(H,53,65)(H,54,62)(H,55,63)(H,66,67)(H,68,69)(H2,56,58,70)(H2,57,59,71). The van der Waals surface area contributed by atoms with Crippen molar-refractivity contribution in [3.8, 4) is 0 Å². The minimum Gasteiger partial charge on any atom is -0.480 e. The molecule has 0 aliphatic carbocycles. The van der Waals surface area contributed by atoms with E-state index in [0.29, 0.717) is 38.8 Å². The van der Waals surface area contributed by atoms with Gasteiger partial charge in [-0.1, -0.05) is 26.7 Å². The Morgan fingerprint density at radius 2 is 0.857 bits per heavy atom. The minimum atomic E-state index is -1.36. The number of carboxylic acid groups (broad SMARTS) is 2. The molecule has 8 atom stereocenters. The van der Waals surface area contributed by atoms with Gasteiger partial charge in [0.05, 0.1) is 89.9 Å². The van der Waals surface area contributed by atoms with Crippen LogP contribution in [0.3, 0.4) is 0 Å². The van der Waals surface area contributed by atoms with Gasteiger partial charge < -0.3 is 82.3 Å². The molecule has 0 aromatic carbocycles. The lowest BCUT2D eigenvalue weighted by atomic mass is 9.83. The Kier molecular flexibility index (Phi) is 29.6. The molecule has 0 radical (unpaired) electrons. The van der Waals surface area contributed by atoms with Crippen LogP contribution in [0.2, 0.25) is 0 Å². The number of amides is 10. The predicted octanol–water partition coefficient (Wildman–Crippen LogP) is -0.525. The summed E-state index contributed by atoms with van der Waals surface area (Å²) >= 11 is 3.57. The highest BCUT2D eigenvalue weighted by Gasteiger charge is 2.43. The second kappa shape index (κ2) is 35.4. The fourth-order valence-corrected chi connectivity index (χ4v) is 12.0. The van der Waals surface area contributed by atoms with E-state index in [2.05, 4.69) is 53.2 Å². The zero-order valence-corrected chi connectivity index (χ0v) is 46.0. The third-order valence-corrected chi connectivity index (χ3v) is 16.3. The first-order valence-corrected chi connectivity index (χ1v) is 28.8. The molecule has 0 aromatic rings. The molecule has 12 N–H and O–H groups in total. The van der Waals surface area contributed by atoms with Gasteiger partial charge in [0.2, 0.25) is 35.4 Å². The summed E-state index contributed by atoms with van der Waals surface area (Å²) in [5.41, 5.74) is -0.261. The Morgan fingerprint density at radius 3 is 1.21 bits per heavy atom. The summed E-state index contributed by atoms with van der Waals surface area (Å²) < 4.78 is 21.9. The van der Waals surface area contributed by atoms with Gasteiger partial charge in [0.15, 0.2) is 0 Å². The van der Waals surface area contributed by atoms with Crippen molar-refractivity contribution in [2.24, 2.45) is 5.41 Å². The number of hydrogen-bond acceptors (Lipinski definition) is 16. The average Bonchev–Trinajstić information content (AvgIpc) is 4.15. The van der Waals surface area contributed by atoms with Gasteiger partial charge in [0.25, 0.3) is 0 Å². The number of carbonyl (C=O) groups excluding carboxylic acids is 8. The van der Waals surface area contributed by atoms with Crippen molar-refractivity contribution < 1.29 is 77.1 Å². The van der Waals surface area contributed by atoms with E-state index in [1.165, 1.54) is 0 Å². The van der Waals surface area contributed by atoms with Crippen molar-refractivity contribution in [2.45, 2.75) is 150 Å². The minimum absolute atomic E-state index is 0.0838. The number of ether oxygens (including phenoxy) is 4. The molecule has 4 aliphatic rings. The van der Waals surface area contributed by atoms with Gasteiger partial charge in [-0.3, -0.25) is 28.8 Å². The first kappa shape index (κ1) is 64.4. The van der Waals surface area contributed by atoms with E-state index in [1.54, 1.807) is 23.5 Å². The molecule has 4 aliphatic heterocycles. The zero-order valence-electron chi connectivity index (χ0n) is 44.3. The highest BCUT2D eigenvalue weighted by atomic mass is 32.2. The van der Waals surface area contributed by atoms with Crippen molar-refractivity contribution in [3.05, 3.63) is 0 Å². The van der Waals surface area contributed by atoms with E-state index in [9.17, 15) is 58.2 Å². The number of urea groups is 2. The first-order chi connectivity index (χ1) is 36.9. The van der Waals surface area contributed by atoms with E-state index in [4.69, 9.17) is 18.9 Å². The number of unbranched alkanes of at least 4 members (excludes halogenated alkanes) is 2. The number of thioether (sulfide) groups is 2. The average molecular weight is 1130 g/mol. The number of carbonyl (C=O) groups is 10. The van der Waals surface area contributed by atoms with Gasteiger partial charge in [0.1, 0.15) is 12.1 Å². The highest BCUT2D eigenvalue weighted by molar-refractivity contribution is 8.00. The van der Waals surface area contributed by atoms with E-state index in [-0.39, 0.29) is 156 Å². The van der Waals surface area contributed by atoms with Crippen LogP contribution >= 0.6 is 23.5 Å². The summed E-state index contributed by atoms with van der Waals surface area (Å²) in [5.74, 6) is -3.17. The lowest BCUT2D eigenvalue weighted by Crippen LogP contribution is -2.44. The smallest absolute Gasteiger partial charge is 0.326 e. The van der Waals surface area contributed by atoms with Crippen molar-refractivity contribution in [3.63, 3.8) is 0 Å². The van der Waals surface area contributed by atoms with E-state index in [1.807, 2.05) is 13.8 Å². The molecule has 0 bridgehead atoms. The first-order valence-electron chi connectivity index (χ1n) is 26.7. The molecule has 436 valence electrons. The maximum Gasteiger partial charge on any atom is 0.326 e. The monoisotopic (exact) mass is 1130 g/mol. The van der Waals surface area contributed by atoms with Crippen molar-refractivity contribution in [2.75, 3.05) is 90.5 Å². The van der Waals surface area contributed by atoms with Gasteiger partial charge in [-0.05, 0) is 43.9 Å². The maximum atomic E-state index is 12.4. The van der Waals surface area contributed by atoms with Crippen LogP contribution in [0.25, 0.3) is 0 Å². The van der Waals surface area contributed by atoms with Crippen LogP contribution in [0.5, 0.6) is 0 Å². The number of hydrogen-bond donors (Lipinski definition) is 12. The number of nitrogens with one attached hydrogen (secondary N) is 10. The Balaban J connectivity index is 0.876. The van der Waals surface area contributed by atoms with E-state index in [0.717, 1.165) is 37.2 Å². The molecule has 77 heavy (non-hydrogen) atoms. The van der Waals surface area contributed by atoms with Crippen LogP contribution in [0.1, 0.15) is 104 Å². The fourth-order valence-electron chi connectivity index (χ4n) is 8.90. The van der Waals surface area contributed by atoms with Crippen LogP contribution in [-0.2, 0) is 57.3 Å². The summed E-state index contributed by atoms with van der Waals surface area (Å²) in [5, 5.41) is 46.9. The van der Waals surface area contributed by atoms with Crippen molar-refractivity contribution in [1.82, 2.24) is 53.2 Å². The molecule has 4 fully saturated rings. The summed E-state index contributed by atoms with van der Waals surface area (Å²) in [7, 11) is 0. The molecule has 0 aromatic heterocycles. The quantitative estimate of drug-likeness (QED) is 0.0270. The summed E-state index contributed by atoms with van der Waals surface area (Å²) in [6.45, 7) is 6.69. The van der Waals surface area contributed by atoms with Crippen LogP contribution in [0, 0.1) is 5.41 Å². The second-order valence-electron chi connectivity index (χ2n) is 20.1. The molecule has 8 unspecified atom stereocenters. The van der Waals surface area contributed by atoms with Crippen molar-refractivity contribution in [1.29, 1.82) is 0 Å². The third-order valence-electron chi connectivity index (χ3n) is 13.3. The largest absolute Gasteiger partial charge is 0.480 e. The van der Waals surface area contributed by atoms with Crippen LogP contribution in [0.15, 0.2) is 0 Å². The lowest BCUT2D eigenvalue weighted by molar-refractivity contribution is -0.143. The summed E-state index contributed by atoms with van der Waals surface area (Å²) in [6.07, 6.45) is 5.40. The second-order valence-corrected chi connectivity index (χ2v) is 22.6. The number of rotatable bonds is 42. The number of carboxylic acids is 2. The van der Waals surface area contributed by atoms with Gasteiger partial charge in [0, 0.05) is 73.9 Å². The Labute approximate surface area is 458 Å². The molecule has 4 saturated heterocycles. The van der Waals surface area contributed by atoms with Gasteiger partial charge in [-0.2, -0.15) is 23.5 Å². The third kappa shape index (κ3) is 26.4. The molecule has 28 heteroatoms. The molecule has 0 saturated carbocycles. The van der Waals surface area contributed by atoms with Crippen LogP contribution < -0.4 is 53.2 Å². The van der Waals surface area contributed by atoms with Gasteiger partial charge >= 0.3 is 24.0 Å². The molecular weight excluding hydrogens is 1050 g/mol. The SMILES string of the molecule is CC(C)(CCC(=O)NCCOCCOCCNC(=O)CC(NC(=O)CCCCC1SCC2NC(=O)NC21)C(=O)O)CCC(=O)NCCOCCOCCNC(=O)CC(NC(=O)CCCCC1SCC2NC(=O)NC21)C(=O)O. The summed E-state index contributed by atoms with van der Waals surface area (Å²) in [6, 6.07) is -2.60. The Bertz CT molecular complexity index is 1830. The van der Waals surface area contributed by atoms with Gasteiger partial charge in [-0.15, -0.1) is 0 Å². The highest BCUT2D eigenvalue weighted by Crippen LogP contribution is 2.34. The molecule has 4 rings (SSSR count). The molecule has 10 amide bonds. The summed E-state index contributed by atoms with van der Waals surface area (Å²) in [4.78, 5) is 121. The Morgan fingerprint density at radius 1 is 0.506 bits per heavy atom. The number of fused-ring (bicyclic) bond motifs is 2. The zero-order chi connectivity index (χ0) is 56.0. The van der Waals surface area contributed by atoms with E-state index >= 15 is 0 Å². The van der Waals surface area contributed by atoms with Crippen molar-refractivity contribution >= 4 is 83.0 Å². The van der Waals surface area contributed by atoms with Crippen LogP contribution in [0.4, 0.5) is 9.59 Å². The Hall–Kier alpha value is -5.16. The van der Waals surface area contributed by atoms with Crippen LogP contribution in [-0.4, -0.2) is 207 Å².